The summed E-state index contributed by atoms with van der Waals surface area (Å²) in [4.78, 5) is 0. The van der Waals surface area contributed by atoms with Gasteiger partial charge < -0.3 is 5.73 Å². The molecule has 11 heavy (non-hydrogen) atoms. The van der Waals surface area contributed by atoms with Crippen LogP contribution in [0.5, 0.6) is 0 Å². The molecule has 1 aliphatic carbocycles. The van der Waals surface area contributed by atoms with Crippen LogP contribution < -0.4 is 5.73 Å². The van der Waals surface area contributed by atoms with Gasteiger partial charge in [-0.05, 0) is 49.5 Å². The summed E-state index contributed by atoms with van der Waals surface area (Å²) in [5, 5.41) is 0. The first kappa shape index (κ1) is 7.93. The SMILES string of the molecule is NC1(C2CCCSC2)CCC1. The zero-order chi connectivity index (χ0) is 7.73. The van der Waals surface area contributed by atoms with Gasteiger partial charge in [0.25, 0.3) is 0 Å². The fourth-order valence-electron chi connectivity index (χ4n) is 2.19. The summed E-state index contributed by atoms with van der Waals surface area (Å²) in [5.74, 6) is 3.54. The predicted octanol–water partition coefficient (Wildman–Crippen LogP) is 2.01. The van der Waals surface area contributed by atoms with Crippen LogP contribution in [-0.2, 0) is 0 Å². The van der Waals surface area contributed by atoms with Crippen molar-refractivity contribution >= 4 is 11.8 Å². The summed E-state index contributed by atoms with van der Waals surface area (Å²) in [7, 11) is 0. The van der Waals surface area contributed by atoms with Gasteiger partial charge in [0.05, 0.1) is 0 Å². The van der Waals surface area contributed by atoms with E-state index in [9.17, 15) is 0 Å². The predicted molar refractivity (Wildman–Crippen MR) is 50.8 cm³/mol. The summed E-state index contributed by atoms with van der Waals surface area (Å²) >= 11 is 2.10. The van der Waals surface area contributed by atoms with Crippen molar-refractivity contribution in [1.82, 2.24) is 0 Å². The van der Waals surface area contributed by atoms with Gasteiger partial charge in [-0.1, -0.05) is 0 Å². The maximum absolute atomic E-state index is 6.26. The molecule has 0 bridgehead atoms. The Morgan fingerprint density at radius 2 is 2.09 bits per heavy atom. The lowest BCUT2D eigenvalue weighted by Crippen LogP contribution is -2.54. The molecule has 0 aromatic rings. The molecule has 0 spiro atoms. The van der Waals surface area contributed by atoms with Crippen LogP contribution in [0.25, 0.3) is 0 Å². The zero-order valence-corrected chi connectivity index (χ0v) is 7.83. The molecule has 2 heteroatoms. The summed E-state index contributed by atoms with van der Waals surface area (Å²) in [5.41, 5.74) is 6.54. The molecule has 1 nitrogen and oxygen atoms in total. The van der Waals surface area contributed by atoms with E-state index in [1.807, 2.05) is 0 Å². The molecule has 2 rings (SSSR count). The number of nitrogens with two attached hydrogens (primary N) is 1. The molecule has 0 aromatic carbocycles. The normalized spacial score (nSPS) is 36.3. The molecule has 1 unspecified atom stereocenters. The summed E-state index contributed by atoms with van der Waals surface area (Å²) in [6.07, 6.45) is 6.74. The summed E-state index contributed by atoms with van der Waals surface area (Å²) in [6, 6.07) is 0. The van der Waals surface area contributed by atoms with E-state index in [4.69, 9.17) is 5.73 Å². The highest BCUT2D eigenvalue weighted by molar-refractivity contribution is 7.99. The second-order valence-corrected chi connectivity index (χ2v) is 5.15. The molecule has 2 N–H and O–H groups in total. The molecule has 0 aromatic heterocycles. The van der Waals surface area contributed by atoms with Crippen LogP contribution in [0.4, 0.5) is 0 Å². The third-order valence-corrected chi connectivity index (χ3v) is 4.47. The Morgan fingerprint density at radius 1 is 1.27 bits per heavy atom. The quantitative estimate of drug-likeness (QED) is 0.653. The molecule has 1 saturated carbocycles. The topological polar surface area (TPSA) is 26.0 Å². The van der Waals surface area contributed by atoms with Crippen molar-refractivity contribution in [2.24, 2.45) is 11.7 Å². The molecular weight excluding hydrogens is 154 g/mol. The molecule has 0 amide bonds. The molecule has 2 fully saturated rings. The minimum absolute atomic E-state index is 0.271. The van der Waals surface area contributed by atoms with Crippen molar-refractivity contribution in [3.8, 4) is 0 Å². The lowest BCUT2D eigenvalue weighted by atomic mass is 9.68. The number of hydrogen-bond acceptors (Lipinski definition) is 2. The standard InChI is InChI=1S/C9H17NS/c10-9(4-2-5-9)8-3-1-6-11-7-8/h8H,1-7,10H2. The van der Waals surface area contributed by atoms with Crippen LogP contribution in [0.2, 0.25) is 0 Å². The zero-order valence-electron chi connectivity index (χ0n) is 7.01. The van der Waals surface area contributed by atoms with E-state index in [1.165, 1.54) is 43.6 Å². The van der Waals surface area contributed by atoms with Gasteiger partial charge in [-0.25, -0.2) is 0 Å². The number of hydrogen-bond donors (Lipinski definition) is 1. The average Bonchev–Trinajstić information content (AvgIpc) is 2.02. The fourth-order valence-corrected chi connectivity index (χ4v) is 3.51. The lowest BCUT2D eigenvalue weighted by Gasteiger charge is -2.46. The Bertz CT molecular complexity index is 136. The Kier molecular flexibility index (Phi) is 2.15. The van der Waals surface area contributed by atoms with Gasteiger partial charge in [0.2, 0.25) is 0 Å². The van der Waals surface area contributed by atoms with E-state index < -0.39 is 0 Å². The molecule has 1 atom stereocenters. The van der Waals surface area contributed by atoms with Gasteiger partial charge in [-0.15, -0.1) is 0 Å². The Hall–Kier alpha value is 0.310. The first-order valence-corrected chi connectivity index (χ1v) is 5.83. The summed E-state index contributed by atoms with van der Waals surface area (Å²) in [6.45, 7) is 0. The largest absolute Gasteiger partial charge is 0.325 e. The third-order valence-electron chi connectivity index (χ3n) is 3.26. The second kappa shape index (κ2) is 2.98. The minimum atomic E-state index is 0.271. The number of thioether (sulfide) groups is 1. The molecule has 0 radical (unpaired) electrons. The van der Waals surface area contributed by atoms with Gasteiger partial charge in [-0.3, -0.25) is 0 Å². The molecule has 1 aliphatic heterocycles. The monoisotopic (exact) mass is 171 g/mol. The Balaban J connectivity index is 1.91. The van der Waals surface area contributed by atoms with Crippen molar-refractivity contribution < 1.29 is 0 Å². The first-order chi connectivity index (χ1) is 5.31. The highest BCUT2D eigenvalue weighted by Crippen LogP contribution is 2.41. The Morgan fingerprint density at radius 3 is 2.55 bits per heavy atom. The molecule has 1 heterocycles. The minimum Gasteiger partial charge on any atom is -0.325 e. The van der Waals surface area contributed by atoms with Gasteiger partial charge >= 0.3 is 0 Å². The first-order valence-electron chi connectivity index (χ1n) is 4.68. The van der Waals surface area contributed by atoms with E-state index in [1.54, 1.807) is 0 Å². The van der Waals surface area contributed by atoms with Gasteiger partial charge in [0.1, 0.15) is 0 Å². The third kappa shape index (κ3) is 1.43. The van der Waals surface area contributed by atoms with Crippen molar-refractivity contribution in [2.75, 3.05) is 11.5 Å². The van der Waals surface area contributed by atoms with E-state index in [0.717, 1.165) is 5.92 Å². The van der Waals surface area contributed by atoms with E-state index in [-0.39, 0.29) is 5.54 Å². The van der Waals surface area contributed by atoms with Crippen LogP contribution in [0.1, 0.15) is 32.1 Å². The fraction of sp³-hybridized carbons (Fsp3) is 1.00. The Labute approximate surface area is 73.1 Å². The van der Waals surface area contributed by atoms with Crippen molar-refractivity contribution in [3.05, 3.63) is 0 Å². The maximum atomic E-state index is 6.26. The molecule has 64 valence electrons. The number of rotatable bonds is 1. The van der Waals surface area contributed by atoms with Crippen molar-refractivity contribution in [3.63, 3.8) is 0 Å². The summed E-state index contributed by atoms with van der Waals surface area (Å²) < 4.78 is 0. The van der Waals surface area contributed by atoms with Gasteiger partial charge in [-0.2, -0.15) is 11.8 Å². The van der Waals surface area contributed by atoms with E-state index in [0.29, 0.717) is 0 Å². The average molecular weight is 171 g/mol. The van der Waals surface area contributed by atoms with Gasteiger partial charge in [0.15, 0.2) is 0 Å². The highest BCUT2D eigenvalue weighted by atomic mass is 32.2. The van der Waals surface area contributed by atoms with Crippen LogP contribution in [0.15, 0.2) is 0 Å². The van der Waals surface area contributed by atoms with E-state index >= 15 is 0 Å². The highest BCUT2D eigenvalue weighted by Gasteiger charge is 2.40. The lowest BCUT2D eigenvalue weighted by molar-refractivity contribution is 0.157. The van der Waals surface area contributed by atoms with Gasteiger partial charge in [0, 0.05) is 5.54 Å². The van der Waals surface area contributed by atoms with Crippen LogP contribution in [0.3, 0.4) is 0 Å². The second-order valence-electron chi connectivity index (χ2n) is 4.00. The van der Waals surface area contributed by atoms with Crippen LogP contribution in [0, 0.1) is 5.92 Å². The van der Waals surface area contributed by atoms with Crippen LogP contribution in [-0.4, -0.2) is 17.0 Å². The van der Waals surface area contributed by atoms with Crippen molar-refractivity contribution in [1.29, 1.82) is 0 Å². The maximum Gasteiger partial charge on any atom is 0.0190 e. The smallest absolute Gasteiger partial charge is 0.0190 e. The van der Waals surface area contributed by atoms with E-state index in [2.05, 4.69) is 11.8 Å². The van der Waals surface area contributed by atoms with Crippen LogP contribution >= 0.6 is 11.8 Å². The molecule has 1 saturated heterocycles. The molecular formula is C9H17NS. The van der Waals surface area contributed by atoms with Crippen molar-refractivity contribution in [2.45, 2.75) is 37.6 Å². The molecule has 2 aliphatic rings.